The molecule has 1 aliphatic rings. The van der Waals surface area contributed by atoms with E-state index in [1.165, 1.54) is 5.56 Å². The summed E-state index contributed by atoms with van der Waals surface area (Å²) in [5.74, 6) is 0.582. The van der Waals surface area contributed by atoms with Crippen LogP contribution in [-0.4, -0.2) is 22.8 Å². The minimum atomic E-state index is -0.596. The first-order valence-corrected chi connectivity index (χ1v) is 11.6. The molecule has 1 aromatic carbocycles. The van der Waals surface area contributed by atoms with Gasteiger partial charge in [-0.05, 0) is 90.7 Å². The van der Waals surface area contributed by atoms with E-state index in [4.69, 9.17) is 17.3 Å². The van der Waals surface area contributed by atoms with Gasteiger partial charge in [0.1, 0.15) is 11.9 Å². The number of hydrogen-bond donors (Lipinski definition) is 3. The number of anilines is 1. The van der Waals surface area contributed by atoms with E-state index in [1.54, 1.807) is 13.0 Å². The summed E-state index contributed by atoms with van der Waals surface area (Å²) in [6, 6.07) is 8.92. The van der Waals surface area contributed by atoms with Crippen LogP contribution in [0.5, 0.6) is 0 Å². The van der Waals surface area contributed by atoms with Gasteiger partial charge in [-0.1, -0.05) is 23.7 Å². The van der Waals surface area contributed by atoms with Crippen LogP contribution in [0.25, 0.3) is 0 Å². The number of nitrogens with zero attached hydrogens (tertiary/aromatic N) is 1. The summed E-state index contributed by atoms with van der Waals surface area (Å²) in [6.45, 7) is 3.90. The van der Waals surface area contributed by atoms with Crippen LogP contribution in [-0.2, 0) is 22.6 Å². The zero-order valence-electron chi connectivity index (χ0n) is 17.8. The highest BCUT2D eigenvalue weighted by molar-refractivity contribution is 9.10. The van der Waals surface area contributed by atoms with Gasteiger partial charge in [0.05, 0.1) is 5.02 Å². The monoisotopic (exact) mass is 506 g/mol. The Labute approximate surface area is 196 Å². The number of rotatable bonds is 7. The molecule has 1 fully saturated rings. The predicted octanol–water partition coefficient (Wildman–Crippen LogP) is 4.17. The van der Waals surface area contributed by atoms with Crippen molar-refractivity contribution < 1.29 is 9.59 Å². The minimum absolute atomic E-state index is 0.0484. The molecule has 3 atom stereocenters. The van der Waals surface area contributed by atoms with Crippen molar-refractivity contribution in [2.24, 2.45) is 11.8 Å². The van der Waals surface area contributed by atoms with Crippen LogP contribution >= 0.6 is 27.5 Å². The number of hydrogen-bond acceptors (Lipinski definition) is 4. The molecule has 0 saturated heterocycles. The fraction of sp³-hybridized carbons (Fsp3) is 0.435. The summed E-state index contributed by atoms with van der Waals surface area (Å²) in [4.78, 5) is 29.3. The number of benzene rings is 1. The molecule has 0 unspecified atom stereocenters. The van der Waals surface area contributed by atoms with Gasteiger partial charge in [0.25, 0.3) is 0 Å². The molecule has 1 heterocycles. The SMILES string of the molecule is Cc1nc(N)ccc1CNC(=O)[C@H](C)NC(=O)[C@@H]1CC[C@@H](Cc2ccc(Cl)c(Br)c2)C1. The average molecular weight is 508 g/mol. The molecule has 0 bridgehead atoms. The van der Waals surface area contributed by atoms with E-state index >= 15 is 0 Å². The molecule has 4 N–H and O–H groups in total. The number of nitrogens with two attached hydrogens (primary N) is 1. The normalized spacial score (nSPS) is 19.1. The number of aryl methyl sites for hydroxylation is 1. The first-order chi connectivity index (χ1) is 14.7. The smallest absolute Gasteiger partial charge is 0.242 e. The fourth-order valence-electron chi connectivity index (χ4n) is 4.03. The second kappa shape index (κ2) is 10.5. The van der Waals surface area contributed by atoms with Gasteiger partial charge in [-0.15, -0.1) is 0 Å². The van der Waals surface area contributed by atoms with Crippen molar-refractivity contribution in [2.45, 2.75) is 52.1 Å². The Morgan fingerprint density at radius 3 is 2.77 bits per heavy atom. The third kappa shape index (κ3) is 6.43. The third-order valence-electron chi connectivity index (χ3n) is 5.84. The maximum absolute atomic E-state index is 12.7. The number of nitrogens with one attached hydrogen (secondary N) is 2. The number of amides is 2. The highest BCUT2D eigenvalue weighted by Crippen LogP contribution is 2.34. The Morgan fingerprint density at radius 1 is 1.29 bits per heavy atom. The van der Waals surface area contributed by atoms with E-state index in [0.717, 1.165) is 41.4 Å². The van der Waals surface area contributed by atoms with Gasteiger partial charge in [-0.25, -0.2) is 4.98 Å². The van der Waals surface area contributed by atoms with Gasteiger partial charge >= 0.3 is 0 Å². The Kier molecular flexibility index (Phi) is 7.94. The first kappa shape index (κ1) is 23.5. The van der Waals surface area contributed by atoms with E-state index in [1.807, 2.05) is 31.2 Å². The van der Waals surface area contributed by atoms with Crippen molar-refractivity contribution in [3.05, 3.63) is 56.6 Å². The van der Waals surface area contributed by atoms with Crippen molar-refractivity contribution in [1.82, 2.24) is 15.6 Å². The lowest BCUT2D eigenvalue weighted by Crippen LogP contribution is -2.46. The van der Waals surface area contributed by atoms with Crippen LogP contribution in [0, 0.1) is 18.8 Å². The lowest BCUT2D eigenvalue weighted by molar-refractivity contribution is -0.130. The second-order valence-electron chi connectivity index (χ2n) is 8.26. The van der Waals surface area contributed by atoms with Crippen molar-refractivity contribution >= 4 is 45.2 Å². The second-order valence-corrected chi connectivity index (χ2v) is 9.52. The van der Waals surface area contributed by atoms with Crippen molar-refractivity contribution in [1.29, 1.82) is 0 Å². The summed E-state index contributed by atoms with van der Waals surface area (Å²) >= 11 is 9.53. The van der Waals surface area contributed by atoms with Crippen LogP contribution in [0.2, 0.25) is 5.02 Å². The zero-order chi connectivity index (χ0) is 22.5. The number of nitrogen functional groups attached to an aromatic ring is 1. The Morgan fingerprint density at radius 2 is 2.06 bits per heavy atom. The highest BCUT2D eigenvalue weighted by atomic mass is 79.9. The van der Waals surface area contributed by atoms with Crippen LogP contribution in [0.15, 0.2) is 34.8 Å². The first-order valence-electron chi connectivity index (χ1n) is 10.5. The molecule has 0 radical (unpaired) electrons. The summed E-state index contributed by atoms with van der Waals surface area (Å²) in [5, 5.41) is 6.42. The van der Waals surface area contributed by atoms with Crippen molar-refractivity contribution in [2.75, 3.05) is 5.73 Å². The quantitative estimate of drug-likeness (QED) is 0.524. The minimum Gasteiger partial charge on any atom is -0.384 e. The molecule has 31 heavy (non-hydrogen) atoms. The molecule has 0 aliphatic heterocycles. The summed E-state index contributed by atoms with van der Waals surface area (Å²) < 4.78 is 0.892. The standard InChI is InChI=1S/C23H28BrClN4O2/c1-13-18(6-8-21(26)28-13)12-27-22(30)14(2)29-23(31)17-5-3-15(10-17)9-16-4-7-20(25)19(24)11-16/h4,6-8,11,14-15,17H,3,5,9-10,12H2,1-2H3,(H2,26,28)(H,27,30)(H,29,31)/t14-,15-,17+/m0/s1. The van der Waals surface area contributed by atoms with E-state index in [2.05, 4.69) is 31.5 Å². The lowest BCUT2D eigenvalue weighted by atomic mass is 9.96. The molecule has 6 nitrogen and oxygen atoms in total. The molecule has 0 spiro atoms. The summed E-state index contributed by atoms with van der Waals surface area (Å²) in [6.07, 6.45) is 3.60. The summed E-state index contributed by atoms with van der Waals surface area (Å²) in [7, 11) is 0. The van der Waals surface area contributed by atoms with Gasteiger partial charge in [-0.2, -0.15) is 0 Å². The number of halogens is 2. The topological polar surface area (TPSA) is 97.1 Å². The molecule has 3 rings (SSSR count). The predicted molar refractivity (Wildman–Crippen MR) is 127 cm³/mol. The summed E-state index contributed by atoms with van der Waals surface area (Å²) in [5.41, 5.74) is 8.55. The van der Waals surface area contributed by atoms with Crippen LogP contribution in [0.4, 0.5) is 5.82 Å². The average Bonchev–Trinajstić information content (AvgIpc) is 3.18. The van der Waals surface area contributed by atoms with Crippen LogP contribution < -0.4 is 16.4 Å². The Hall–Kier alpha value is -2.12. The molecule has 1 aromatic heterocycles. The number of pyridine rings is 1. The van der Waals surface area contributed by atoms with Gasteiger partial charge in [-0.3, -0.25) is 9.59 Å². The number of aromatic nitrogens is 1. The molecule has 166 valence electrons. The Balaban J connectivity index is 1.45. The maximum Gasteiger partial charge on any atom is 0.242 e. The van der Waals surface area contributed by atoms with Crippen molar-refractivity contribution in [3.63, 3.8) is 0 Å². The van der Waals surface area contributed by atoms with E-state index in [-0.39, 0.29) is 17.7 Å². The van der Waals surface area contributed by atoms with Gasteiger partial charge in [0, 0.05) is 22.6 Å². The largest absolute Gasteiger partial charge is 0.384 e. The van der Waals surface area contributed by atoms with Gasteiger partial charge in [0.15, 0.2) is 0 Å². The van der Waals surface area contributed by atoms with Crippen LogP contribution in [0.3, 0.4) is 0 Å². The molecule has 1 saturated carbocycles. The van der Waals surface area contributed by atoms with E-state index in [0.29, 0.717) is 23.3 Å². The van der Waals surface area contributed by atoms with Crippen LogP contribution in [0.1, 0.15) is 43.0 Å². The number of carbonyl (C=O) groups is 2. The number of carbonyl (C=O) groups excluding carboxylic acids is 2. The fourth-order valence-corrected chi connectivity index (χ4v) is 4.57. The Bertz CT molecular complexity index is 969. The maximum atomic E-state index is 12.7. The van der Waals surface area contributed by atoms with E-state index < -0.39 is 6.04 Å². The zero-order valence-corrected chi connectivity index (χ0v) is 20.1. The molecular weight excluding hydrogens is 480 g/mol. The molecule has 2 amide bonds. The lowest BCUT2D eigenvalue weighted by Gasteiger charge is -2.18. The van der Waals surface area contributed by atoms with Gasteiger partial charge in [0.2, 0.25) is 11.8 Å². The van der Waals surface area contributed by atoms with Gasteiger partial charge < -0.3 is 16.4 Å². The molecular formula is C23H28BrClN4O2. The molecule has 1 aliphatic carbocycles. The van der Waals surface area contributed by atoms with E-state index in [9.17, 15) is 9.59 Å². The third-order valence-corrected chi connectivity index (χ3v) is 7.06. The molecule has 8 heteroatoms. The highest BCUT2D eigenvalue weighted by Gasteiger charge is 2.31. The van der Waals surface area contributed by atoms with Crippen molar-refractivity contribution in [3.8, 4) is 0 Å². The molecule has 2 aromatic rings.